The highest BCUT2D eigenvalue weighted by molar-refractivity contribution is 5.81. The summed E-state index contributed by atoms with van der Waals surface area (Å²) in [5.41, 5.74) is 5.76. The van der Waals surface area contributed by atoms with Crippen LogP contribution >= 0.6 is 0 Å². The summed E-state index contributed by atoms with van der Waals surface area (Å²) < 4.78 is 0. The van der Waals surface area contributed by atoms with E-state index in [2.05, 4.69) is 30.5 Å². The standard InChI is InChI=1S/C22H15N7O/c23-12-18-20(17-4-2-1-3-5-17)27-22(28-21(18)30)29-26-13-15-6-8-16(9-7-15)19-10-11-24-14-25-19/h1-11,13-14H,(H2,27,28,29,30). The number of aromatic amines is 1. The van der Waals surface area contributed by atoms with Gasteiger partial charge in [-0.25, -0.2) is 20.4 Å². The summed E-state index contributed by atoms with van der Waals surface area (Å²) >= 11 is 0. The molecule has 0 saturated carbocycles. The van der Waals surface area contributed by atoms with Crippen molar-refractivity contribution in [3.63, 3.8) is 0 Å². The van der Waals surface area contributed by atoms with Gasteiger partial charge in [0.25, 0.3) is 5.56 Å². The lowest BCUT2D eigenvalue weighted by atomic mass is 10.1. The highest BCUT2D eigenvalue weighted by Gasteiger charge is 2.12. The van der Waals surface area contributed by atoms with Crippen LogP contribution in [0.15, 0.2) is 83.1 Å². The monoisotopic (exact) mass is 393 g/mol. The Kier molecular flexibility index (Phi) is 5.35. The molecular weight excluding hydrogens is 378 g/mol. The molecule has 0 atom stereocenters. The molecule has 0 amide bonds. The summed E-state index contributed by atoms with van der Waals surface area (Å²) in [6.45, 7) is 0. The summed E-state index contributed by atoms with van der Waals surface area (Å²) in [4.78, 5) is 27.2. The van der Waals surface area contributed by atoms with Crippen LogP contribution < -0.4 is 11.0 Å². The predicted octanol–water partition coefficient (Wildman–Crippen LogP) is 3.21. The van der Waals surface area contributed by atoms with Crippen LogP contribution in [0.25, 0.3) is 22.5 Å². The second kappa shape index (κ2) is 8.58. The normalized spacial score (nSPS) is 10.6. The van der Waals surface area contributed by atoms with Gasteiger partial charge in [0.2, 0.25) is 5.95 Å². The van der Waals surface area contributed by atoms with Crippen molar-refractivity contribution in [2.75, 3.05) is 5.43 Å². The number of hydrogen-bond donors (Lipinski definition) is 2. The van der Waals surface area contributed by atoms with Crippen molar-refractivity contribution in [3.05, 3.63) is 94.7 Å². The fourth-order valence-corrected chi connectivity index (χ4v) is 2.80. The van der Waals surface area contributed by atoms with Crippen LogP contribution in [0.3, 0.4) is 0 Å². The number of nitriles is 1. The summed E-state index contributed by atoms with van der Waals surface area (Å²) in [5, 5.41) is 13.4. The molecule has 2 heterocycles. The Morgan fingerprint density at radius 1 is 1.03 bits per heavy atom. The maximum Gasteiger partial charge on any atom is 0.270 e. The Morgan fingerprint density at radius 2 is 1.83 bits per heavy atom. The molecule has 2 aromatic carbocycles. The number of rotatable bonds is 5. The number of nitrogens with zero attached hydrogens (tertiary/aromatic N) is 5. The molecule has 0 aliphatic carbocycles. The van der Waals surface area contributed by atoms with Crippen molar-refractivity contribution in [2.45, 2.75) is 0 Å². The number of hydrogen-bond acceptors (Lipinski definition) is 7. The molecule has 8 heteroatoms. The molecule has 0 unspecified atom stereocenters. The van der Waals surface area contributed by atoms with E-state index in [1.165, 1.54) is 6.33 Å². The smallest absolute Gasteiger partial charge is 0.270 e. The lowest BCUT2D eigenvalue weighted by Gasteiger charge is -2.06. The zero-order chi connectivity index (χ0) is 20.8. The summed E-state index contributed by atoms with van der Waals surface area (Å²) in [5.74, 6) is 0.145. The number of aromatic nitrogens is 4. The Morgan fingerprint density at radius 3 is 2.53 bits per heavy atom. The topological polar surface area (TPSA) is 120 Å². The molecule has 0 fully saturated rings. The number of hydrazone groups is 1. The van der Waals surface area contributed by atoms with Crippen LogP contribution in [0.2, 0.25) is 0 Å². The van der Waals surface area contributed by atoms with Crippen LogP contribution in [0, 0.1) is 11.3 Å². The zero-order valence-electron chi connectivity index (χ0n) is 15.6. The van der Waals surface area contributed by atoms with Gasteiger partial charge in [-0.3, -0.25) is 9.78 Å². The maximum atomic E-state index is 12.3. The minimum absolute atomic E-state index is 0.0453. The van der Waals surface area contributed by atoms with E-state index >= 15 is 0 Å². The molecule has 4 rings (SSSR count). The lowest BCUT2D eigenvalue weighted by Crippen LogP contribution is -2.16. The van der Waals surface area contributed by atoms with Crippen LogP contribution in [-0.4, -0.2) is 26.2 Å². The SMILES string of the molecule is N#Cc1c(-c2ccccc2)nc(NN=Cc2ccc(-c3ccncn3)cc2)[nH]c1=O. The summed E-state index contributed by atoms with van der Waals surface area (Å²) in [6, 6.07) is 20.4. The van der Waals surface area contributed by atoms with E-state index in [-0.39, 0.29) is 11.5 Å². The first-order valence-electron chi connectivity index (χ1n) is 9.00. The van der Waals surface area contributed by atoms with Gasteiger partial charge < -0.3 is 0 Å². The second-order valence-corrected chi connectivity index (χ2v) is 6.20. The molecule has 0 aliphatic rings. The molecule has 0 radical (unpaired) electrons. The Hall–Kier alpha value is -4.64. The first-order chi connectivity index (χ1) is 14.7. The van der Waals surface area contributed by atoms with E-state index < -0.39 is 5.56 Å². The maximum absolute atomic E-state index is 12.3. The largest absolute Gasteiger partial charge is 0.290 e. The molecule has 0 saturated heterocycles. The van der Waals surface area contributed by atoms with Gasteiger partial charge in [-0.1, -0.05) is 54.6 Å². The number of anilines is 1. The van der Waals surface area contributed by atoms with Gasteiger partial charge in [0.15, 0.2) is 0 Å². The first-order valence-corrected chi connectivity index (χ1v) is 9.00. The third-order valence-electron chi connectivity index (χ3n) is 4.25. The second-order valence-electron chi connectivity index (χ2n) is 6.20. The van der Waals surface area contributed by atoms with Crippen LogP contribution in [0.5, 0.6) is 0 Å². The number of benzene rings is 2. The van der Waals surface area contributed by atoms with Crippen molar-refractivity contribution < 1.29 is 0 Å². The molecule has 0 bridgehead atoms. The van der Waals surface area contributed by atoms with E-state index in [1.807, 2.05) is 54.6 Å². The quantitative estimate of drug-likeness (QED) is 0.397. The highest BCUT2D eigenvalue weighted by atomic mass is 16.1. The van der Waals surface area contributed by atoms with Crippen LogP contribution in [-0.2, 0) is 0 Å². The molecule has 2 N–H and O–H groups in total. The molecule has 0 spiro atoms. The van der Waals surface area contributed by atoms with Gasteiger partial charge in [0.05, 0.1) is 17.6 Å². The number of H-pyrrole nitrogens is 1. The van der Waals surface area contributed by atoms with Crippen LogP contribution in [0.1, 0.15) is 11.1 Å². The van der Waals surface area contributed by atoms with Gasteiger partial charge in [-0.2, -0.15) is 10.4 Å². The van der Waals surface area contributed by atoms with Gasteiger partial charge in [0.1, 0.15) is 18.0 Å². The zero-order valence-corrected chi connectivity index (χ0v) is 15.6. The molecule has 144 valence electrons. The lowest BCUT2D eigenvalue weighted by molar-refractivity contribution is 1.08. The Bertz CT molecular complexity index is 1280. The van der Waals surface area contributed by atoms with Gasteiger partial charge in [-0.05, 0) is 11.6 Å². The Labute approximate surface area is 171 Å². The molecule has 4 aromatic rings. The molecule has 0 aliphatic heterocycles. The summed E-state index contributed by atoms with van der Waals surface area (Å²) in [6.07, 6.45) is 4.80. The van der Waals surface area contributed by atoms with Crippen molar-refractivity contribution in [1.82, 2.24) is 19.9 Å². The fourth-order valence-electron chi connectivity index (χ4n) is 2.80. The van der Waals surface area contributed by atoms with Gasteiger partial charge in [-0.15, -0.1) is 0 Å². The van der Waals surface area contributed by atoms with Gasteiger partial charge in [0, 0.05) is 17.3 Å². The average molecular weight is 393 g/mol. The van der Waals surface area contributed by atoms with Gasteiger partial charge >= 0.3 is 0 Å². The third-order valence-corrected chi connectivity index (χ3v) is 4.25. The molecule has 8 nitrogen and oxygen atoms in total. The molecular formula is C22H15N7O. The van der Waals surface area contributed by atoms with Crippen LogP contribution in [0.4, 0.5) is 5.95 Å². The summed E-state index contributed by atoms with van der Waals surface area (Å²) in [7, 11) is 0. The van der Waals surface area contributed by atoms with E-state index in [4.69, 9.17) is 0 Å². The van der Waals surface area contributed by atoms with E-state index in [1.54, 1.807) is 24.5 Å². The highest BCUT2D eigenvalue weighted by Crippen LogP contribution is 2.19. The fraction of sp³-hybridized carbons (Fsp3) is 0. The van der Waals surface area contributed by atoms with Crippen molar-refractivity contribution in [2.24, 2.45) is 5.10 Å². The van der Waals surface area contributed by atoms with E-state index in [0.29, 0.717) is 11.3 Å². The van der Waals surface area contributed by atoms with Crippen molar-refractivity contribution >= 4 is 12.2 Å². The van der Waals surface area contributed by atoms with Crippen molar-refractivity contribution in [3.8, 4) is 28.6 Å². The average Bonchev–Trinajstić information content (AvgIpc) is 2.80. The minimum atomic E-state index is -0.529. The number of nitrogens with one attached hydrogen (secondary N) is 2. The Balaban J connectivity index is 1.54. The first kappa shape index (κ1) is 18.7. The predicted molar refractivity (Wildman–Crippen MR) is 114 cm³/mol. The third kappa shape index (κ3) is 4.10. The minimum Gasteiger partial charge on any atom is -0.290 e. The van der Waals surface area contributed by atoms with Crippen molar-refractivity contribution in [1.29, 1.82) is 5.26 Å². The van der Waals surface area contributed by atoms with E-state index in [9.17, 15) is 10.1 Å². The molecule has 2 aromatic heterocycles. The van der Waals surface area contributed by atoms with E-state index in [0.717, 1.165) is 16.8 Å². The molecule has 30 heavy (non-hydrogen) atoms.